The SMILES string of the molecule is CCOC(=O)Cc1csc(N/N=C/c2cc(Br)c(O)c(Br)c2)n1. The maximum Gasteiger partial charge on any atom is 0.311 e. The molecule has 0 atom stereocenters. The van der Waals surface area contributed by atoms with Gasteiger partial charge in [0.2, 0.25) is 5.13 Å². The molecule has 2 N–H and O–H groups in total. The maximum absolute atomic E-state index is 11.4. The first-order valence-corrected chi connectivity index (χ1v) is 9.03. The van der Waals surface area contributed by atoms with Gasteiger partial charge in [-0.1, -0.05) is 0 Å². The van der Waals surface area contributed by atoms with E-state index in [0.29, 0.717) is 26.4 Å². The van der Waals surface area contributed by atoms with Gasteiger partial charge in [-0.3, -0.25) is 10.2 Å². The first kappa shape index (κ1) is 17.9. The molecule has 0 amide bonds. The highest BCUT2D eigenvalue weighted by atomic mass is 79.9. The Kier molecular flexibility index (Phi) is 6.55. The van der Waals surface area contributed by atoms with E-state index in [0.717, 1.165) is 5.56 Å². The van der Waals surface area contributed by atoms with Crippen molar-refractivity contribution in [3.05, 3.63) is 37.7 Å². The molecule has 0 radical (unpaired) electrons. The molecule has 0 fully saturated rings. The van der Waals surface area contributed by atoms with E-state index in [1.165, 1.54) is 11.3 Å². The molecule has 2 rings (SSSR count). The molecule has 0 bridgehead atoms. The molecule has 122 valence electrons. The normalized spacial score (nSPS) is 10.9. The highest BCUT2D eigenvalue weighted by Gasteiger charge is 2.08. The number of esters is 1. The Labute approximate surface area is 153 Å². The Morgan fingerprint density at radius 3 is 2.83 bits per heavy atom. The van der Waals surface area contributed by atoms with Crippen molar-refractivity contribution in [2.75, 3.05) is 12.0 Å². The number of anilines is 1. The topological polar surface area (TPSA) is 83.8 Å². The number of benzene rings is 1. The van der Waals surface area contributed by atoms with Crippen molar-refractivity contribution in [1.82, 2.24) is 4.98 Å². The predicted molar refractivity (Wildman–Crippen MR) is 97.2 cm³/mol. The fourth-order valence-electron chi connectivity index (χ4n) is 1.62. The van der Waals surface area contributed by atoms with Crippen molar-refractivity contribution in [3.8, 4) is 5.75 Å². The molecule has 0 saturated carbocycles. The van der Waals surface area contributed by atoms with Gasteiger partial charge in [0, 0.05) is 5.38 Å². The van der Waals surface area contributed by atoms with E-state index in [1.54, 1.807) is 30.7 Å². The number of aromatic hydroxyl groups is 1. The lowest BCUT2D eigenvalue weighted by Gasteiger charge is -2.01. The number of hydrogen-bond donors (Lipinski definition) is 2. The molecule has 9 heteroatoms. The largest absolute Gasteiger partial charge is 0.506 e. The zero-order valence-electron chi connectivity index (χ0n) is 12.0. The van der Waals surface area contributed by atoms with Crippen molar-refractivity contribution < 1.29 is 14.6 Å². The number of phenolic OH excluding ortho intramolecular Hbond substituents is 1. The molecule has 0 aliphatic rings. The molecule has 0 unspecified atom stereocenters. The van der Waals surface area contributed by atoms with Crippen LogP contribution in [0.3, 0.4) is 0 Å². The number of ether oxygens (including phenoxy) is 1. The minimum absolute atomic E-state index is 0.138. The van der Waals surface area contributed by atoms with Crippen LogP contribution in [-0.2, 0) is 16.0 Å². The number of nitrogens with zero attached hydrogens (tertiary/aromatic N) is 2. The third-order valence-electron chi connectivity index (χ3n) is 2.60. The fourth-order valence-corrected chi connectivity index (χ4v) is 3.50. The van der Waals surface area contributed by atoms with Crippen molar-refractivity contribution in [3.63, 3.8) is 0 Å². The number of carbonyl (C=O) groups is 1. The summed E-state index contributed by atoms with van der Waals surface area (Å²) in [4.78, 5) is 15.6. The van der Waals surface area contributed by atoms with Crippen LogP contribution in [0.2, 0.25) is 0 Å². The zero-order chi connectivity index (χ0) is 16.8. The second kappa shape index (κ2) is 8.42. The van der Waals surface area contributed by atoms with Crippen LogP contribution in [0.25, 0.3) is 0 Å². The number of halogens is 2. The molecule has 1 heterocycles. The number of nitrogens with one attached hydrogen (secondary N) is 1. The molecule has 6 nitrogen and oxygen atoms in total. The van der Waals surface area contributed by atoms with Crippen LogP contribution in [0, 0.1) is 0 Å². The summed E-state index contributed by atoms with van der Waals surface area (Å²) in [6, 6.07) is 3.47. The van der Waals surface area contributed by atoms with Gasteiger partial charge in [-0.25, -0.2) is 4.98 Å². The van der Waals surface area contributed by atoms with Crippen LogP contribution in [0.4, 0.5) is 5.13 Å². The summed E-state index contributed by atoms with van der Waals surface area (Å²) in [5.41, 5.74) is 4.23. The second-order valence-corrected chi connectivity index (χ2v) is 6.90. The standard InChI is InChI=1S/C14H13Br2N3O3S/c1-2-22-12(20)5-9-7-23-14(18-9)19-17-6-8-3-10(15)13(21)11(16)4-8/h3-4,6-7,21H,2,5H2,1H3,(H,18,19)/b17-6+. The minimum atomic E-state index is -0.299. The van der Waals surface area contributed by atoms with Crippen LogP contribution in [0.1, 0.15) is 18.2 Å². The highest BCUT2D eigenvalue weighted by molar-refractivity contribution is 9.11. The second-order valence-electron chi connectivity index (χ2n) is 4.33. The van der Waals surface area contributed by atoms with Crippen LogP contribution >= 0.6 is 43.2 Å². The van der Waals surface area contributed by atoms with Gasteiger partial charge >= 0.3 is 5.97 Å². The minimum Gasteiger partial charge on any atom is -0.506 e. The van der Waals surface area contributed by atoms with E-state index < -0.39 is 0 Å². The van der Waals surface area contributed by atoms with Gasteiger partial charge in [-0.15, -0.1) is 11.3 Å². The van der Waals surface area contributed by atoms with E-state index in [1.807, 2.05) is 0 Å². The monoisotopic (exact) mass is 461 g/mol. The molecule has 1 aromatic carbocycles. The van der Waals surface area contributed by atoms with Crippen molar-refractivity contribution in [1.29, 1.82) is 0 Å². The smallest absolute Gasteiger partial charge is 0.311 e. The summed E-state index contributed by atoms with van der Waals surface area (Å²) in [7, 11) is 0. The molecule has 2 aromatic rings. The summed E-state index contributed by atoms with van der Waals surface area (Å²) < 4.78 is 6.01. The number of rotatable bonds is 6. The van der Waals surface area contributed by atoms with E-state index in [4.69, 9.17) is 4.74 Å². The molecule has 0 saturated heterocycles. The van der Waals surface area contributed by atoms with E-state index >= 15 is 0 Å². The summed E-state index contributed by atoms with van der Waals surface area (Å²) in [5.74, 6) is -0.162. The Morgan fingerprint density at radius 2 is 2.17 bits per heavy atom. The average molecular weight is 463 g/mol. The quantitative estimate of drug-likeness (QED) is 0.386. The fraction of sp³-hybridized carbons (Fsp3) is 0.214. The first-order chi connectivity index (χ1) is 11.0. The van der Waals surface area contributed by atoms with Crippen molar-refractivity contribution in [2.24, 2.45) is 5.10 Å². The third-order valence-corrected chi connectivity index (χ3v) is 4.60. The number of aromatic nitrogens is 1. The summed E-state index contributed by atoms with van der Waals surface area (Å²) in [5, 5.41) is 16.1. The van der Waals surface area contributed by atoms with Gasteiger partial charge in [0.05, 0.1) is 33.9 Å². The molecule has 23 heavy (non-hydrogen) atoms. The number of thiazole rings is 1. The summed E-state index contributed by atoms with van der Waals surface area (Å²) >= 11 is 7.86. The van der Waals surface area contributed by atoms with E-state index in [-0.39, 0.29) is 18.1 Å². The van der Waals surface area contributed by atoms with E-state index in [9.17, 15) is 9.90 Å². The Morgan fingerprint density at radius 1 is 1.48 bits per heavy atom. The Balaban J connectivity index is 1.96. The lowest BCUT2D eigenvalue weighted by molar-refractivity contribution is -0.142. The number of phenols is 1. The number of hydrazone groups is 1. The van der Waals surface area contributed by atoms with E-state index in [2.05, 4.69) is 47.4 Å². The molecular weight excluding hydrogens is 450 g/mol. The van der Waals surface area contributed by atoms with Crippen LogP contribution in [0.15, 0.2) is 31.6 Å². The highest BCUT2D eigenvalue weighted by Crippen LogP contribution is 2.32. The summed E-state index contributed by atoms with van der Waals surface area (Å²) in [6.45, 7) is 2.12. The van der Waals surface area contributed by atoms with Gasteiger partial charge in [0.15, 0.2) is 0 Å². The average Bonchev–Trinajstić information content (AvgIpc) is 2.92. The van der Waals surface area contributed by atoms with Gasteiger partial charge < -0.3 is 9.84 Å². The third kappa shape index (κ3) is 5.29. The maximum atomic E-state index is 11.4. The predicted octanol–water partition coefficient (Wildman–Crippen LogP) is 3.93. The Hall–Kier alpha value is -1.45. The van der Waals surface area contributed by atoms with Crippen LogP contribution < -0.4 is 5.43 Å². The summed E-state index contributed by atoms with van der Waals surface area (Å²) in [6.07, 6.45) is 1.75. The van der Waals surface area contributed by atoms with Gasteiger partial charge in [0.1, 0.15) is 5.75 Å². The zero-order valence-corrected chi connectivity index (χ0v) is 16.0. The lowest BCUT2D eigenvalue weighted by atomic mass is 10.2. The van der Waals surface area contributed by atoms with Crippen molar-refractivity contribution >= 4 is 60.5 Å². The molecular formula is C14H13Br2N3O3S. The molecule has 0 spiro atoms. The van der Waals surface area contributed by atoms with Gasteiger partial charge in [-0.2, -0.15) is 5.10 Å². The van der Waals surface area contributed by atoms with Gasteiger partial charge in [-0.05, 0) is 56.5 Å². The molecule has 1 aromatic heterocycles. The van der Waals surface area contributed by atoms with Crippen molar-refractivity contribution in [2.45, 2.75) is 13.3 Å². The lowest BCUT2D eigenvalue weighted by Crippen LogP contribution is -2.07. The molecule has 0 aliphatic carbocycles. The van der Waals surface area contributed by atoms with Crippen LogP contribution in [-0.4, -0.2) is 28.9 Å². The number of carbonyl (C=O) groups excluding carboxylic acids is 1. The Bertz CT molecular complexity index is 711. The first-order valence-electron chi connectivity index (χ1n) is 6.56. The van der Waals surface area contributed by atoms with Gasteiger partial charge in [0.25, 0.3) is 0 Å². The van der Waals surface area contributed by atoms with Crippen LogP contribution in [0.5, 0.6) is 5.75 Å². The number of hydrogen-bond acceptors (Lipinski definition) is 7. The molecule has 0 aliphatic heterocycles.